The highest BCUT2D eigenvalue weighted by molar-refractivity contribution is 5.94. The van der Waals surface area contributed by atoms with E-state index in [1.165, 1.54) is 17.8 Å². The molecule has 2 aromatic heterocycles. The molecule has 0 N–H and O–H groups in total. The number of aryl methyl sites for hydroxylation is 1. The predicted octanol–water partition coefficient (Wildman–Crippen LogP) is 2.74. The lowest BCUT2D eigenvalue weighted by atomic mass is 10.2. The number of piperazine rings is 1. The Balaban J connectivity index is 1.47. The van der Waals surface area contributed by atoms with Crippen molar-refractivity contribution in [2.75, 3.05) is 26.2 Å². The van der Waals surface area contributed by atoms with E-state index in [0.29, 0.717) is 30.1 Å². The lowest BCUT2D eigenvalue weighted by molar-refractivity contribution is 0.0621. The average molecular weight is 352 g/mol. The molecule has 0 atom stereocenters. The van der Waals surface area contributed by atoms with Gasteiger partial charge in [0.05, 0.1) is 5.69 Å². The van der Waals surface area contributed by atoms with Gasteiger partial charge in [0.15, 0.2) is 0 Å². The molecule has 4 rings (SSSR count). The Morgan fingerprint density at radius 1 is 1.08 bits per heavy atom. The smallest absolute Gasteiger partial charge is 0.272 e. The predicted molar refractivity (Wildman–Crippen MR) is 97.5 cm³/mol. The van der Waals surface area contributed by atoms with Crippen molar-refractivity contribution < 1.29 is 9.18 Å². The summed E-state index contributed by atoms with van der Waals surface area (Å²) in [4.78, 5) is 21.6. The summed E-state index contributed by atoms with van der Waals surface area (Å²) in [6, 6.07) is 13.3. The van der Waals surface area contributed by atoms with Gasteiger partial charge in [0.25, 0.3) is 5.91 Å². The number of hydrogen-bond donors (Lipinski definition) is 0. The van der Waals surface area contributed by atoms with Crippen LogP contribution in [-0.4, -0.2) is 51.3 Å². The maximum atomic E-state index is 13.6. The Morgan fingerprint density at radius 2 is 1.81 bits per heavy atom. The molecule has 1 aliphatic rings. The fourth-order valence-electron chi connectivity index (χ4n) is 3.49. The molecule has 5 nitrogen and oxygen atoms in total. The summed E-state index contributed by atoms with van der Waals surface area (Å²) in [6.07, 6.45) is 1.33. The molecule has 1 saturated heterocycles. The van der Waals surface area contributed by atoms with Gasteiger partial charge in [-0.2, -0.15) is 0 Å². The van der Waals surface area contributed by atoms with Crippen molar-refractivity contribution in [1.82, 2.24) is 19.2 Å². The van der Waals surface area contributed by atoms with Crippen molar-refractivity contribution in [3.05, 3.63) is 71.4 Å². The molecule has 6 heteroatoms. The SMILES string of the molecule is Cc1nc2ccc(F)cn2c1C(=O)N1CCN(Cc2ccccc2)CC1. The van der Waals surface area contributed by atoms with Gasteiger partial charge in [-0.15, -0.1) is 0 Å². The van der Waals surface area contributed by atoms with Crippen LogP contribution in [0.2, 0.25) is 0 Å². The third-order valence-corrected chi connectivity index (χ3v) is 4.87. The molecule has 0 radical (unpaired) electrons. The van der Waals surface area contributed by atoms with Crippen molar-refractivity contribution >= 4 is 11.6 Å². The summed E-state index contributed by atoms with van der Waals surface area (Å²) in [7, 11) is 0. The van der Waals surface area contributed by atoms with E-state index in [1.54, 1.807) is 17.4 Å². The van der Waals surface area contributed by atoms with Crippen LogP contribution in [0.25, 0.3) is 5.65 Å². The molecule has 0 aliphatic carbocycles. The van der Waals surface area contributed by atoms with E-state index in [9.17, 15) is 9.18 Å². The normalized spacial score (nSPS) is 15.5. The van der Waals surface area contributed by atoms with Crippen molar-refractivity contribution in [3.63, 3.8) is 0 Å². The number of carbonyl (C=O) groups excluding carboxylic acids is 1. The number of imidazole rings is 1. The highest BCUT2D eigenvalue weighted by Gasteiger charge is 2.26. The number of benzene rings is 1. The second-order valence-electron chi connectivity index (χ2n) is 6.68. The summed E-state index contributed by atoms with van der Waals surface area (Å²) in [5.74, 6) is -0.461. The molecular formula is C20H21FN4O. The molecule has 3 heterocycles. The van der Waals surface area contributed by atoms with E-state index in [2.05, 4.69) is 22.0 Å². The lowest BCUT2D eigenvalue weighted by Gasteiger charge is -2.34. The first kappa shape index (κ1) is 16.7. The van der Waals surface area contributed by atoms with Crippen LogP contribution < -0.4 is 0 Å². The zero-order valence-electron chi connectivity index (χ0n) is 14.7. The minimum Gasteiger partial charge on any atom is -0.335 e. The molecule has 0 spiro atoms. The van der Waals surface area contributed by atoms with Gasteiger partial charge in [0, 0.05) is 38.9 Å². The van der Waals surface area contributed by atoms with Crippen LogP contribution in [0.15, 0.2) is 48.7 Å². The number of amides is 1. The van der Waals surface area contributed by atoms with Crippen LogP contribution in [0.4, 0.5) is 4.39 Å². The van der Waals surface area contributed by atoms with Crippen LogP contribution in [0, 0.1) is 12.7 Å². The standard InChI is InChI=1S/C20H21FN4O/c1-15-19(25-14-17(21)7-8-18(25)22-15)20(26)24-11-9-23(10-12-24)13-16-5-3-2-4-6-16/h2-8,14H,9-13H2,1H3. The molecule has 1 amide bonds. The molecule has 1 aliphatic heterocycles. The molecule has 0 bridgehead atoms. The number of nitrogens with zero attached hydrogens (tertiary/aromatic N) is 4. The van der Waals surface area contributed by atoms with Gasteiger partial charge in [0.1, 0.15) is 17.2 Å². The number of halogens is 1. The quantitative estimate of drug-likeness (QED) is 0.728. The Labute approximate surface area is 151 Å². The van der Waals surface area contributed by atoms with Gasteiger partial charge >= 0.3 is 0 Å². The van der Waals surface area contributed by atoms with Crippen molar-refractivity contribution in [1.29, 1.82) is 0 Å². The van der Waals surface area contributed by atoms with E-state index in [4.69, 9.17) is 0 Å². The van der Waals surface area contributed by atoms with E-state index in [1.807, 2.05) is 23.1 Å². The van der Waals surface area contributed by atoms with E-state index in [-0.39, 0.29) is 11.7 Å². The van der Waals surface area contributed by atoms with Crippen LogP contribution in [0.1, 0.15) is 21.7 Å². The van der Waals surface area contributed by atoms with Crippen molar-refractivity contribution in [2.24, 2.45) is 0 Å². The fraction of sp³-hybridized carbons (Fsp3) is 0.300. The van der Waals surface area contributed by atoms with Crippen LogP contribution in [0.5, 0.6) is 0 Å². The van der Waals surface area contributed by atoms with Crippen LogP contribution >= 0.6 is 0 Å². The molecule has 26 heavy (non-hydrogen) atoms. The highest BCUT2D eigenvalue weighted by atomic mass is 19.1. The number of hydrogen-bond acceptors (Lipinski definition) is 3. The topological polar surface area (TPSA) is 40.9 Å². The second kappa shape index (κ2) is 6.88. The summed E-state index contributed by atoms with van der Waals surface area (Å²) in [6.45, 7) is 5.66. The molecule has 1 fully saturated rings. The van der Waals surface area contributed by atoms with Gasteiger partial charge in [-0.05, 0) is 24.6 Å². The largest absolute Gasteiger partial charge is 0.335 e. The summed E-state index contributed by atoms with van der Waals surface area (Å²) in [5, 5.41) is 0. The first-order chi connectivity index (χ1) is 12.6. The van der Waals surface area contributed by atoms with E-state index in [0.717, 1.165) is 19.6 Å². The maximum Gasteiger partial charge on any atom is 0.272 e. The molecule has 0 saturated carbocycles. The van der Waals surface area contributed by atoms with Crippen molar-refractivity contribution in [2.45, 2.75) is 13.5 Å². The Morgan fingerprint density at radius 3 is 2.54 bits per heavy atom. The Kier molecular flexibility index (Phi) is 4.42. The lowest BCUT2D eigenvalue weighted by Crippen LogP contribution is -2.48. The molecular weight excluding hydrogens is 331 g/mol. The Bertz CT molecular complexity index is 930. The van der Waals surface area contributed by atoms with Gasteiger partial charge in [-0.1, -0.05) is 30.3 Å². The third-order valence-electron chi connectivity index (χ3n) is 4.87. The zero-order chi connectivity index (χ0) is 18.1. The second-order valence-corrected chi connectivity index (χ2v) is 6.68. The van der Waals surface area contributed by atoms with Gasteiger partial charge < -0.3 is 4.90 Å². The molecule has 0 unspecified atom stereocenters. The first-order valence-electron chi connectivity index (χ1n) is 8.81. The van der Waals surface area contributed by atoms with Crippen molar-refractivity contribution in [3.8, 4) is 0 Å². The molecule has 134 valence electrons. The average Bonchev–Trinajstić information content (AvgIpc) is 2.97. The van der Waals surface area contributed by atoms with Crippen LogP contribution in [0.3, 0.4) is 0 Å². The van der Waals surface area contributed by atoms with E-state index >= 15 is 0 Å². The summed E-state index contributed by atoms with van der Waals surface area (Å²) >= 11 is 0. The maximum absolute atomic E-state index is 13.6. The number of aromatic nitrogens is 2. The monoisotopic (exact) mass is 352 g/mol. The first-order valence-corrected chi connectivity index (χ1v) is 8.81. The third kappa shape index (κ3) is 3.20. The van der Waals surface area contributed by atoms with Gasteiger partial charge in [0.2, 0.25) is 0 Å². The minimum absolute atomic E-state index is 0.0834. The molecule has 1 aromatic carbocycles. The zero-order valence-corrected chi connectivity index (χ0v) is 14.7. The van der Waals surface area contributed by atoms with Gasteiger partial charge in [-0.25, -0.2) is 9.37 Å². The van der Waals surface area contributed by atoms with Gasteiger partial charge in [-0.3, -0.25) is 14.1 Å². The minimum atomic E-state index is -0.378. The Hall–Kier alpha value is -2.73. The summed E-state index contributed by atoms with van der Waals surface area (Å²) < 4.78 is 15.2. The number of pyridine rings is 1. The number of carbonyl (C=O) groups is 1. The van der Waals surface area contributed by atoms with E-state index < -0.39 is 0 Å². The summed E-state index contributed by atoms with van der Waals surface area (Å²) in [5.41, 5.74) is 2.96. The van der Waals surface area contributed by atoms with Crippen LogP contribution in [-0.2, 0) is 6.54 Å². The highest BCUT2D eigenvalue weighted by Crippen LogP contribution is 2.17. The number of fused-ring (bicyclic) bond motifs is 1. The fourth-order valence-corrected chi connectivity index (χ4v) is 3.49. The molecule has 3 aromatic rings. The number of rotatable bonds is 3.